The lowest BCUT2D eigenvalue weighted by Crippen LogP contribution is -2.24. The molecule has 7 heteroatoms. The van der Waals surface area contributed by atoms with E-state index in [0.29, 0.717) is 12.1 Å². The van der Waals surface area contributed by atoms with Crippen LogP contribution < -0.4 is 5.32 Å². The van der Waals surface area contributed by atoms with E-state index in [1.807, 2.05) is 6.26 Å². The van der Waals surface area contributed by atoms with Gasteiger partial charge in [-0.2, -0.15) is 11.8 Å². The van der Waals surface area contributed by atoms with Gasteiger partial charge in [0.25, 0.3) is 11.6 Å². The summed E-state index contributed by atoms with van der Waals surface area (Å²) in [6, 6.07) is 3.96. The largest absolute Gasteiger partial charge is 0.352 e. The lowest BCUT2D eigenvalue weighted by molar-refractivity contribution is -0.384. The normalized spacial score (nSPS) is 10.2. The summed E-state index contributed by atoms with van der Waals surface area (Å²) in [6.07, 6.45) is 3.99. The molecule has 5 nitrogen and oxygen atoms in total. The summed E-state index contributed by atoms with van der Waals surface area (Å²) < 4.78 is 0. The van der Waals surface area contributed by atoms with E-state index in [1.54, 1.807) is 11.8 Å². The lowest BCUT2D eigenvalue weighted by atomic mass is 10.2. The van der Waals surface area contributed by atoms with Crippen molar-refractivity contribution in [2.24, 2.45) is 0 Å². The second-order valence-electron chi connectivity index (χ2n) is 3.88. The molecule has 0 radical (unpaired) electrons. The SMILES string of the molecule is CSCCCCNC(=O)c1ccc([N+](=O)[O-])c(Cl)c1. The molecule has 0 heterocycles. The van der Waals surface area contributed by atoms with Crippen molar-refractivity contribution in [3.63, 3.8) is 0 Å². The molecule has 1 aromatic rings. The molecule has 0 spiro atoms. The Kier molecular flexibility index (Phi) is 6.66. The summed E-state index contributed by atoms with van der Waals surface area (Å²) >= 11 is 7.52. The summed E-state index contributed by atoms with van der Waals surface area (Å²) in [5.41, 5.74) is 0.138. The molecule has 1 rings (SSSR count). The molecule has 1 amide bonds. The minimum Gasteiger partial charge on any atom is -0.352 e. The maximum atomic E-state index is 11.8. The van der Waals surface area contributed by atoms with Crippen LogP contribution in [0.2, 0.25) is 5.02 Å². The maximum absolute atomic E-state index is 11.8. The monoisotopic (exact) mass is 302 g/mol. The van der Waals surface area contributed by atoms with Gasteiger partial charge in [-0.25, -0.2) is 0 Å². The third kappa shape index (κ3) is 5.08. The first-order valence-corrected chi connectivity index (χ1v) is 7.54. The second kappa shape index (κ2) is 8.01. The Hall–Kier alpha value is -1.27. The van der Waals surface area contributed by atoms with Crippen LogP contribution in [0.5, 0.6) is 0 Å². The number of nitrogens with zero attached hydrogens (tertiary/aromatic N) is 1. The van der Waals surface area contributed by atoms with E-state index in [4.69, 9.17) is 11.6 Å². The van der Waals surface area contributed by atoms with Crippen molar-refractivity contribution in [1.29, 1.82) is 0 Å². The van der Waals surface area contributed by atoms with Gasteiger partial charge in [0.15, 0.2) is 0 Å². The number of carbonyl (C=O) groups excluding carboxylic acids is 1. The molecule has 0 aliphatic carbocycles. The molecular weight excluding hydrogens is 288 g/mol. The zero-order valence-electron chi connectivity index (χ0n) is 10.5. The number of hydrogen-bond acceptors (Lipinski definition) is 4. The van der Waals surface area contributed by atoms with Crippen LogP contribution >= 0.6 is 23.4 Å². The van der Waals surface area contributed by atoms with Crippen LogP contribution in [-0.2, 0) is 0 Å². The maximum Gasteiger partial charge on any atom is 0.287 e. The lowest BCUT2D eigenvalue weighted by Gasteiger charge is -2.05. The van der Waals surface area contributed by atoms with Crippen molar-refractivity contribution in [1.82, 2.24) is 5.32 Å². The summed E-state index contributed by atoms with van der Waals surface area (Å²) in [5, 5.41) is 13.3. The number of halogens is 1. The van der Waals surface area contributed by atoms with Gasteiger partial charge in [0, 0.05) is 18.2 Å². The van der Waals surface area contributed by atoms with Crippen molar-refractivity contribution in [2.45, 2.75) is 12.8 Å². The molecule has 0 aromatic heterocycles. The molecule has 0 aliphatic rings. The van der Waals surface area contributed by atoms with Crippen LogP contribution in [0.3, 0.4) is 0 Å². The van der Waals surface area contributed by atoms with Crippen LogP contribution in [0.1, 0.15) is 23.2 Å². The minimum atomic E-state index is -0.577. The smallest absolute Gasteiger partial charge is 0.287 e. The van der Waals surface area contributed by atoms with Gasteiger partial charge < -0.3 is 5.32 Å². The van der Waals surface area contributed by atoms with Crippen LogP contribution in [0, 0.1) is 10.1 Å². The Bertz CT molecular complexity index is 468. The van der Waals surface area contributed by atoms with E-state index >= 15 is 0 Å². The molecule has 0 unspecified atom stereocenters. The highest BCUT2D eigenvalue weighted by Gasteiger charge is 2.14. The molecule has 0 aliphatic heterocycles. The van der Waals surface area contributed by atoms with Gasteiger partial charge in [0.05, 0.1) is 4.92 Å². The number of benzene rings is 1. The number of hydrogen-bond donors (Lipinski definition) is 1. The number of rotatable bonds is 7. The molecule has 19 heavy (non-hydrogen) atoms. The topological polar surface area (TPSA) is 72.2 Å². The first-order valence-electron chi connectivity index (χ1n) is 5.77. The summed E-state index contributed by atoms with van der Waals surface area (Å²) in [7, 11) is 0. The van der Waals surface area contributed by atoms with Gasteiger partial charge in [0.1, 0.15) is 5.02 Å². The van der Waals surface area contributed by atoms with Gasteiger partial charge in [-0.05, 0) is 37.0 Å². The van der Waals surface area contributed by atoms with Gasteiger partial charge in [-0.1, -0.05) is 11.6 Å². The Morgan fingerprint density at radius 3 is 2.79 bits per heavy atom. The second-order valence-corrected chi connectivity index (χ2v) is 5.27. The van der Waals surface area contributed by atoms with E-state index in [1.165, 1.54) is 18.2 Å². The number of amides is 1. The van der Waals surface area contributed by atoms with E-state index in [2.05, 4.69) is 5.32 Å². The quantitative estimate of drug-likeness (QED) is 0.477. The highest BCUT2D eigenvalue weighted by atomic mass is 35.5. The van der Waals surface area contributed by atoms with Crippen LogP contribution in [0.4, 0.5) is 5.69 Å². The summed E-state index contributed by atoms with van der Waals surface area (Å²) in [6.45, 7) is 0.591. The number of thioether (sulfide) groups is 1. The van der Waals surface area contributed by atoms with Gasteiger partial charge in [-0.3, -0.25) is 14.9 Å². The Labute approximate surface area is 120 Å². The summed E-state index contributed by atoms with van der Waals surface area (Å²) in [4.78, 5) is 21.8. The third-order valence-corrected chi connectivity index (χ3v) is 3.47. The van der Waals surface area contributed by atoms with Gasteiger partial charge in [-0.15, -0.1) is 0 Å². The van der Waals surface area contributed by atoms with Crippen LogP contribution in [0.15, 0.2) is 18.2 Å². The molecule has 0 fully saturated rings. The average Bonchev–Trinajstić information content (AvgIpc) is 2.37. The molecule has 1 N–H and O–H groups in total. The third-order valence-electron chi connectivity index (χ3n) is 2.47. The number of carbonyl (C=O) groups is 1. The Morgan fingerprint density at radius 2 is 2.21 bits per heavy atom. The molecule has 0 atom stereocenters. The predicted molar refractivity (Wildman–Crippen MR) is 78.1 cm³/mol. The fourth-order valence-electron chi connectivity index (χ4n) is 1.47. The van der Waals surface area contributed by atoms with Crippen LogP contribution in [-0.4, -0.2) is 29.4 Å². The molecule has 0 saturated carbocycles. The van der Waals surface area contributed by atoms with E-state index < -0.39 is 4.92 Å². The standard InChI is InChI=1S/C12H15ClN2O3S/c1-19-7-3-2-6-14-12(16)9-4-5-11(15(17)18)10(13)8-9/h4-5,8H,2-3,6-7H2,1H3,(H,14,16). The molecular formula is C12H15ClN2O3S. The highest BCUT2D eigenvalue weighted by Crippen LogP contribution is 2.24. The first-order chi connectivity index (χ1) is 9.06. The van der Waals surface area contributed by atoms with Gasteiger partial charge in [0.2, 0.25) is 0 Å². The zero-order valence-corrected chi connectivity index (χ0v) is 12.1. The molecule has 104 valence electrons. The fraction of sp³-hybridized carbons (Fsp3) is 0.417. The van der Waals surface area contributed by atoms with Crippen molar-refractivity contribution in [3.05, 3.63) is 38.9 Å². The zero-order chi connectivity index (χ0) is 14.3. The Balaban J connectivity index is 2.53. The molecule has 0 bridgehead atoms. The minimum absolute atomic E-state index is 0.0277. The van der Waals surface area contributed by atoms with Gasteiger partial charge >= 0.3 is 0 Å². The van der Waals surface area contributed by atoms with E-state index in [0.717, 1.165) is 18.6 Å². The van der Waals surface area contributed by atoms with Crippen molar-refractivity contribution in [3.8, 4) is 0 Å². The number of unbranched alkanes of at least 4 members (excludes halogenated alkanes) is 1. The highest BCUT2D eigenvalue weighted by molar-refractivity contribution is 7.98. The number of nitro groups is 1. The van der Waals surface area contributed by atoms with Crippen LogP contribution in [0.25, 0.3) is 0 Å². The molecule has 0 saturated heterocycles. The number of nitro benzene ring substituents is 1. The fourth-order valence-corrected chi connectivity index (χ4v) is 2.21. The molecule has 1 aromatic carbocycles. The van der Waals surface area contributed by atoms with Crippen molar-refractivity contribution >= 4 is 35.0 Å². The predicted octanol–water partition coefficient (Wildman–Crippen LogP) is 3.12. The average molecular weight is 303 g/mol. The van der Waals surface area contributed by atoms with Crippen molar-refractivity contribution in [2.75, 3.05) is 18.6 Å². The number of nitrogens with one attached hydrogen (secondary N) is 1. The Morgan fingerprint density at radius 1 is 1.47 bits per heavy atom. The van der Waals surface area contributed by atoms with Crippen molar-refractivity contribution < 1.29 is 9.72 Å². The first kappa shape index (κ1) is 15.8. The summed E-state index contributed by atoms with van der Waals surface area (Å²) in [5.74, 6) is 0.806. The van der Waals surface area contributed by atoms with E-state index in [-0.39, 0.29) is 16.6 Å². The van der Waals surface area contributed by atoms with E-state index in [9.17, 15) is 14.9 Å².